The van der Waals surface area contributed by atoms with Crippen molar-refractivity contribution in [3.63, 3.8) is 0 Å². The normalized spacial score (nSPS) is 18.0. The monoisotopic (exact) mass is 358 g/mol. The Kier molecular flexibility index (Phi) is 4.42. The first-order valence-electron chi connectivity index (χ1n) is 8.72. The molecular formula is C18H22N4O4. The summed E-state index contributed by atoms with van der Waals surface area (Å²) in [4.78, 5) is 18.5. The predicted octanol–water partition coefficient (Wildman–Crippen LogP) is 2.13. The zero-order valence-corrected chi connectivity index (χ0v) is 14.6. The van der Waals surface area contributed by atoms with Crippen LogP contribution in [0.1, 0.15) is 24.8 Å². The van der Waals surface area contributed by atoms with E-state index >= 15 is 0 Å². The minimum Gasteiger partial charge on any atom is -0.454 e. The third-order valence-electron chi connectivity index (χ3n) is 5.02. The molecule has 0 radical (unpaired) electrons. The number of anilines is 1. The molecule has 1 unspecified atom stereocenters. The molecular weight excluding hydrogens is 336 g/mol. The smallest absolute Gasteiger partial charge is 0.321 e. The quantitative estimate of drug-likeness (QED) is 0.877. The first kappa shape index (κ1) is 16.7. The van der Waals surface area contributed by atoms with E-state index in [9.17, 15) is 9.90 Å². The summed E-state index contributed by atoms with van der Waals surface area (Å²) in [6, 6.07) is 5.20. The maximum absolute atomic E-state index is 12.5. The molecule has 2 aliphatic rings. The first-order valence-corrected chi connectivity index (χ1v) is 8.72. The minimum atomic E-state index is -0.603. The average molecular weight is 358 g/mol. The lowest BCUT2D eigenvalue weighted by Gasteiger charge is -2.34. The number of nitrogens with zero attached hydrogens (tertiary/aromatic N) is 3. The molecule has 1 atom stereocenters. The number of aliphatic hydroxyl groups excluding tert-OH is 1. The van der Waals surface area contributed by atoms with E-state index in [1.54, 1.807) is 29.3 Å². The number of fused-ring (bicyclic) bond motifs is 1. The van der Waals surface area contributed by atoms with Gasteiger partial charge in [0.1, 0.15) is 11.9 Å². The van der Waals surface area contributed by atoms with Crippen LogP contribution in [0.25, 0.3) is 0 Å². The van der Waals surface area contributed by atoms with Gasteiger partial charge in [0.2, 0.25) is 6.79 Å². The highest BCUT2D eigenvalue weighted by atomic mass is 16.7. The number of aliphatic hydroxyl groups is 1. The number of hydrogen-bond acceptors (Lipinski definition) is 5. The molecule has 4 rings (SSSR count). The van der Waals surface area contributed by atoms with Crippen molar-refractivity contribution in [2.75, 3.05) is 25.2 Å². The number of carbonyl (C=O) groups excluding carboxylic acids is 1. The number of aromatic nitrogens is 2. The number of imidazole rings is 1. The van der Waals surface area contributed by atoms with Gasteiger partial charge in [0.15, 0.2) is 11.5 Å². The number of rotatable bonds is 3. The maximum atomic E-state index is 12.5. The van der Waals surface area contributed by atoms with E-state index in [0.29, 0.717) is 36.1 Å². The highest BCUT2D eigenvalue weighted by Crippen LogP contribution is 2.34. The lowest BCUT2D eigenvalue weighted by molar-refractivity contribution is 0.0600. The van der Waals surface area contributed by atoms with Crippen molar-refractivity contribution in [1.29, 1.82) is 0 Å². The number of amides is 2. The third kappa shape index (κ3) is 3.20. The Balaban J connectivity index is 1.33. The van der Waals surface area contributed by atoms with Gasteiger partial charge in [-0.25, -0.2) is 9.78 Å². The van der Waals surface area contributed by atoms with Crippen molar-refractivity contribution < 1.29 is 19.4 Å². The second-order valence-corrected chi connectivity index (χ2v) is 6.66. The highest BCUT2D eigenvalue weighted by molar-refractivity contribution is 5.89. The number of nitrogens with one attached hydrogen (secondary N) is 1. The summed E-state index contributed by atoms with van der Waals surface area (Å²) in [5.74, 6) is 2.10. The van der Waals surface area contributed by atoms with Crippen LogP contribution in [0, 0.1) is 5.92 Å². The fraction of sp³-hybridized carbons (Fsp3) is 0.444. The van der Waals surface area contributed by atoms with Crippen molar-refractivity contribution in [1.82, 2.24) is 14.5 Å². The van der Waals surface area contributed by atoms with E-state index < -0.39 is 6.10 Å². The van der Waals surface area contributed by atoms with Crippen molar-refractivity contribution >= 4 is 11.7 Å². The van der Waals surface area contributed by atoms with Gasteiger partial charge >= 0.3 is 6.03 Å². The van der Waals surface area contributed by atoms with Gasteiger partial charge in [-0.05, 0) is 30.9 Å². The van der Waals surface area contributed by atoms with E-state index in [0.717, 1.165) is 12.8 Å². The van der Waals surface area contributed by atoms with Crippen LogP contribution in [0.4, 0.5) is 10.5 Å². The molecule has 26 heavy (non-hydrogen) atoms. The van der Waals surface area contributed by atoms with Crippen molar-refractivity contribution in [2.45, 2.75) is 18.9 Å². The van der Waals surface area contributed by atoms with Gasteiger partial charge in [-0.1, -0.05) is 0 Å². The SMILES string of the molecule is Cn1ccnc1C(O)C1CCN(C(=O)Nc2ccc3c(c2)OCO3)CC1. The first-order chi connectivity index (χ1) is 12.6. The molecule has 0 saturated carbocycles. The summed E-state index contributed by atoms with van der Waals surface area (Å²) in [6.45, 7) is 1.41. The molecule has 1 aromatic heterocycles. The second-order valence-electron chi connectivity index (χ2n) is 6.66. The van der Waals surface area contributed by atoms with Crippen LogP contribution in [-0.2, 0) is 7.05 Å². The Bertz CT molecular complexity index is 798. The fourth-order valence-corrected chi connectivity index (χ4v) is 3.47. The fourth-order valence-electron chi connectivity index (χ4n) is 3.47. The van der Waals surface area contributed by atoms with Crippen molar-refractivity contribution in [3.8, 4) is 11.5 Å². The minimum absolute atomic E-state index is 0.102. The van der Waals surface area contributed by atoms with Gasteiger partial charge in [-0.3, -0.25) is 0 Å². The number of urea groups is 1. The van der Waals surface area contributed by atoms with Gasteiger partial charge < -0.3 is 29.4 Å². The molecule has 2 N–H and O–H groups in total. The number of benzene rings is 1. The Morgan fingerprint density at radius 3 is 2.81 bits per heavy atom. The zero-order valence-electron chi connectivity index (χ0n) is 14.6. The number of hydrogen-bond donors (Lipinski definition) is 2. The van der Waals surface area contributed by atoms with Crippen LogP contribution < -0.4 is 14.8 Å². The van der Waals surface area contributed by atoms with E-state index in [4.69, 9.17) is 9.47 Å². The van der Waals surface area contributed by atoms with Crippen molar-refractivity contribution in [2.24, 2.45) is 13.0 Å². The standard InChI is InChI=1S/C18H22N4O4/c1-21-9-6-19-17(21)16(23)12-4-7-22(8-5-12)18(24)20-13-2-3-14-15(10-13)26-11-25-14/h2-3,6,9-10,12,16,23H,4-5,7-8,11H2,1H3,(H,20,24). The Morgan fingerprint density at radius 1 is 1.31 bits per heavy atom. The third-order valence-corrected chi connectivity index (χ3v) is 5.02. The number of likely N-dealkylation sites (tertiary alicyclic amines) is 1. The highest BCUT2D eigenvalue weighted by Gasteiger charge is 2.30. The van der Waals surface area contributed by atoms with Crippen LogP contribution in [-0.4, -0.2) is 45.5 Å². The summed E-state index contributed by atoms with van der Waals surface area (Å²) in [6.07, 6.45) is 4.39. The molecule has 2 amide bonds. The Morgan fingerprint density at radius 2 is 2.08 bits per heavy atom. The number of carbonyl (C=O) groups is 1. The summed E-state index contributed by atoms with van der Waals surface area (Å²) < 4.78 is 12.4. The Hall–Kier alpha value is -2.74. The van der Waals surface area contributed by atoms with Crippen molar-refractivity contribution in [3.05, 3.63) is 36.4 Å². The predicted molar refractivity (Wildman–Crippen MR) is 94.0 cm³/mol. The van der Waals surface area contributed by atoms with Gasteiger partial charge in [-0.2, -0.15) is 0 Å². The van der Waals surface area contributed by atoms with Crippen LogP contribution in [0.3, 0.4) is 0 Å². The Labute approximate surface area is 151 Å². The summed E-state index contributed by atoms with van der Waals surface area (Å²) in [5, 5.41) is 13.4. The number of piperidine rings is 1. The molecule has 0 bridgehead atoms. The molecule has 1 saturated heterocycles. The van der Waals surface area contributed by atoms with E-state index in [2.05, 4.69) is 10.3 Å². The molecule has 0 aliphatic carbocycles. The second kappa shape index (κ2) is 6.87. The largest absolute Gasteiger partial charge is 0.454 e. The molecule has 0 spiro atoms. The van der Waals surface area contributed by atoms with E-state index in [1.807, 2.05) is 17.8 Å². The lowest BCUT2D eigenvalue weighted by atomic mass is 9.91. The van der Waals surface area contributed by atoms with E-state index in [1.165, 1.54) is 0 Å². The molecule has 1 fully saturated rings. The van der Waals surface area contributed by atoms with Gasteiger partial charge in [0.05, 0.1) is 0 Å². The molecule has 2 aromatic rings. The lowest BCUT2D eigenvalue weighted by Crippen LogP contribution is -2.42. The molecule has 138 valence electrons. The van der Waals surface area contributed by atoms with Crippen LogP contribution in [0.2, 0.25) is 0 Å². The molecule has 1 aromatic carbocycles. The molecule has 8 nitrogen and oxygen atoms in total. The topological polar surface area (TPSA) is 88.9 Å². The van der Waals surface area contributed by atoms with Gasteiger partial charge in [-0.15, -0.1) is 0 Å². The molecule has 3 heterocycles. The molecule has 2 aliphatic heterocycles. The molecule has 8 heteroatoms. The average Bonchev–Trinajstić information content (AvgIpc) is 3.29. The zero-order chi connectivity index (χ0) is 18.1. The van der Waals surface area contributed by atoms with Crippen LogP contribution in [0.15, 0.2) is 30.6 Å². The number of aryl methyl sites for hydroxylation is 1. The number of ether oxygens (including phenoxy) is 2. The maximum Gasteiger partial charge on any atom is 0.321 e. The van der Waals surface area contributed by atoms with Gasteiger partial charge in [0.25, 0.3) is 0 Å². The van der Waals surface area contributed by atoms with E-state index in [-0.39, 0.29) is 18.7 Å². The summed E-state index contributed by atoms with van der Waals surface area (Å²) in [7, 11) is 1.87. The summed E-state index contributed by atoms with van der Waals surface area (Å²) >= 11 is 0. The van der Waals surface area contributed by atoms with Crippen LogP contribution >= 0.6 is 0 Å². The van der Waals surface area contributed by atoms with Gasteiger partial charge in [0, 0.05) is 44.3 Å². The summed E-state index contributed by atoms with van der Waals surface area (Å²) in [5.41, 5.74) is 0.675. The van der Waals surface area contributed by atoms with Crippen LogP contribution in [0.5, 0.6) is 11.5 Å².